The molecule has 1 amide bonds. The number of halogens is 1. The Bertz CT molecular complexity index is 637. The number of aryl methyl sites for hydroxylation is 1. The average molecular weight is 287 g/mol. The second-order valence-corrected chi connectivity index (χ2v) is 5.50. The van der Waals surface area contributed by atoms with E-state index in [0.29, 0.717) is 5.02 Å². The first kappa shape index (κ1) is 13.2. The van der Waals surface area contributed by atoms with Crippen LogP contribution >= 0.6 is 11.6 Å². The molecule has 1 saturated heterocycles. The number of amides is 1. The fraction of sp³-hybridized carbons (Fsp3) is 0.188. The number of β-lactam (4-membered cyclic amide) rings is 1. The molecule has 1 aliphatic heterocycles. The van der Waals surface area contributed by atoms with Crippen LogP contribution < -0.4 is 10.6 Å². The molecule has 1 heterocycles. The first-order valence-corrected chi connectivity index (χ1v) is 6.86. The van der Waals surface area contributed by atoms with Crippen molar-refractivity contribution in [2.24, 2.45) is 5.73 Å². The zero-order valence-electron chi connectivity index (χ0n) is 11.1. The van der Waals surface area contributed by atoms with Crippen molar-refractivity contribution in [3.8, 4) is 0 Å². The van der Waals surface area contributed by atoms with Crippen molar-refractivity contribution in [2.75, 3.05) is 4.90 Å². The smallest absolute Gasteiger partial charge is 0.247 e. The van der Waals surface area contributed by atoms with E-state index in [9.17, 15) is 4.79 Å². The lowest BCUT2D eigenvalue weighted by molar-refractivity contribution is -0.126. The summed E-state index contributed by atoms with van der Waals surface area (Å²) in [5.74, 6) is -0.0575. The minimum atomic E-state index is -0.478. The summed E-state index contributed by atoms with van der Waals surface area (Å²) in [6, 6.07) is 14.8. The maximum Gasteiger partial charge on any atom is 0.247 e. The molecule has 2 aromatic rings. The molecular formula is C16H15ClN2O. The molecule has 1 aliphatic rings. The number of carbonyl (C=O) groups excluding carboxylic acids is 1. The number of carbonyl (C=O) groups is 1. The van der Waals surface area contributed by atoms with Gasteiger partial charge in [0.05, 0.1) is 6.04 Å². The predicted molar refractivity (Wildman–Crippen MR) is 80.8 cm³/mol. The Hall–Kier alpha value is -1.84. The Balaban J connectivity index is 1.95. The highest BCUT2D eigenvalue weighted by Crippen LogP contribution is 2.38. The molecule has 0 aliphatic carbocycles. The van der Waals surface area contributed by atoms with Gasteiger partial charge in [0, 0.05) is 10.7 Å². The van der Waals surface area contributed by atoms with Crippen molar-refractivity contribution < 1.29 is 4.79 Å². The van der Waals surface area contributed by atoms with E-state index in [0.717, 1.165) is 11.3 Å². The Kier molecular flexibility index (Phi) is 3.24. The van der Waals surface area contributed by atoms with E-state index < -0.39 is 6.04 Å². The maximum absolute atomic E-state index is 12.1. The van der Waals surface area contributed by atoms with Crippen molar-refractivity contribution in [3.05, 3.63) is 64.7 Å². The van der Waals surface area contributed by atoms with Crippen molar-refractivity contribution in [3.63, 3.8) is 0 Å². The number of nitrogens with zero attached hydrogens (tertiary/aromatic N) is 1. The summed E-state index contributed by atoms with van der Waals surface area (Å²) in [4.78, 5) is 13.8. The van der Waals surface area contributed by atoms with Crippen molar-refractivity contribution in [2.45, 2.75) is 19.0 Å². The molecule has 3 rings (SSSR count). The molecule has 0 unspecified atom stereocenters. The van der Waals surface area contributed by atoms with Crippen LogP contribution in [0, 0.1) is 6.92 Å². The molecule has 20 heavy (non-hydrogen) atoms. The zero-order chi connectivity index (χ0) is 14.3. The largest absolute Gasteiger partial charge is 0.318 e. The Morgan fingerprint density at radius 3 is 2.25 bits per heavy atom. The predicted octanol–water partition coefficient (Wildman–Crippen LogP) is 3.06. The van der Waals surface area contributed by atoms with Crippen LogP contribution in [0.15, 0.2) is 48.5 Å². The normalized spacial score (nSPS) is 21.8. The van der Waals surface area contributed by atoms with E-state index in [1.54, 1.807) is 17.0 Å². The Labute approximate surface area is 123 Å². The lowest BCUT2D eigenvalue weighted by Crippen LogP contribution is -2.63. The summed E-state index contributed by atoms with van der Waals surface area (Å²) >= 11 is 5.89. The van der Waals surface area contributed by atoms with Crippen molar-refractivity contribution in [1.82, 2.24) is 0 Å². The van der Waals surface area contributed by atoms with Crippen LogP contribution in [0.1, 0.15) is 17.2 Å². The molecule has 0 aromatic heterocycles. The van der Waals surface area contributed by atoms with Gasteiger partial charge < -0.3 is 10.6 Å². The van der Waals surface area contributed by atoms with Crippen molar-refractivity contribution in [1.29, 1.82) is 0 Å². The molecule has 0 spiro atoms. The van der Waals surface area contributed by atoms with Gasteiger partial charge in [0.2, 0.25) is 5.91 Å². The molecule has 102 valence electrons. The summed E-state index contributed by atoms with van der Waals surface area (Å²) in [5, 5.41) is 0.651. The molecule has 0 bridgehead atoms. The van der Waals surface area contributed by atoms with Crippen LogP contribution in [0.25, 0.3) is 0 Å². The Morgan fingerprint density at radius 2 is 1.65 bits per heavy atom. The first-order chi connectivity index (χ1) is 9.58. The summed E-state index contributed by atoms with van der Waals surface area (Å²) in [6.45, 7) is 2.03. The number of hydrogen-bond donors (Lipinski definition) is 1. The summed E-state index contributed by atoms with van der Waals surface area (Å²) in [6.07, 6.45) is 0. The third-order valence-corrected chi connectivity index (χ3v) is 3.92. The molecule has 3 nitrogen and oxygen atoms in total. The molecule has 2 aromatic carbocycles. The molecular weight excluding hydrogens is 272 g/mol. The lowest BCUT2D eigenvalue weighted by Gasteiger charge is -2.45. The highest BCUT2D eigenvalue weighted by molar-refractivity contribution is 6.30. The number of anilines is 1. The van der Waals surface area contributed by atoms with Crippen LogP contribution in [0.4, 0.5) is 5.69 Å². The van der Waals surface area contributed by atoms with Crippen molar-refractivity contribution >= 4 is 23.2 Å². The van der Waals surface area contributed by atoms with Gasteiger partial charge in [0.15, 0.2) is 0 Å². The molecule has 2 atom stereocenters. The van der Waals surface area contributed by atoms with Crippen LogP contribution in [0.3, 0.4) is 0 Å². The van der Waals surface area contributed by atoms with E-state index in [-0.39, 0.29) is 11.9 Å². The highest BCUT2D eigenvalue weighted by Gasteiger charge is 2.46. The first-order valence-electron chi connectivity index (χ1n) is 6.49. The molecule has 0 saturated carbocycles. The van der Waals surface area contributed by atoms with E-state index in [2.05, 4.69) is 0 Å². The van der Waals surface area contributed by atoms with Gasteiger partial charge in [-0.25, -0.2) is 0 Å². The number of benzene rings is 2. The second kappa shape index (κ2) is 4.93. The third-order valence-electron chi connectivity index (χ3n) is 3.66. The summed E-state index contributed by atoms with van der Waals surface area (Å²) in [5.41, 5.74) is 9.04. The molecule has 2 N–H and O–H groups in total. The van der Waals surface area contributed by atoms with Gasteiger partial charge in [0.25, 0.3) is 0 Å². The van der Waals surface area contributed by atoms with Crippen LogP contribution in [0.5, 0.6) is 0 Å². The van der Waals surface area contributed by atoms with Gasteiger partial charge >= 0.3 is 0 Å². The van der Waals surface area contributed by atoms with Crippen LogP contribution in [-0.2, 0) is 4.79 Å². The average Bonchev–Trinajstić information content (AvgIpc) is 2.46. The standard InChI is InChI=1S/C16H15ClN2O/c1-10-2-4-11(5-3-10)15-14(18)16(20)19(15)13-8-6-12(17)7-9-13/h2-9,14-15H,18H2,1H3/t14-,15-/m0/s1. The van der Waals surface area contributed by atoms with E-state index in [1.165, 1.54) is 5.56 Å². The number of hydrogen-bond acceptors (Lipinski definition) is 2. The monoisotopic (exact) mass is 286 g/mol. The van der Waals surface area contributed by atoms with E-state index in [4.69, 9.17) is 17.3 Å². The minimum absolute atomic E-state index is 0.0575. The van der Waals surface area contributed by atoms with Gasteiger partial charge in [-0.3, -0.25) is 4.79 Å². The van der Waals surface area contributed by atoms with Crippen LogP contribution in [-0.4, -0.2) is 11.9 Å². The minimum Gasteiger partial charge on any atom is -0.318 e. The van der Waals surface area contributed by atoms with Gasteiger partial charge in [-0.2, -0.15) is 0 Å². The maximum atomic E-state index is 12.1. The quantitative estimate of drug-likeness (QED) is 0.863. The molecule has 1 fully saturated rings. The van der Waals surface area contributed by atoms with Gasteiger partial charge in [-0.05, 0) is 36.8 Å². The van der Waals surface area contributed by atoms with Crippen LogP contribution in [0.2, 0.25) is 5.02 Å². The van der Waals surface area contributed by atoms with Gasteiger partial charge in [-0.15, -0.1) is 0 Å². The van der Waals surface area contributed by atoms with Gasteiger partial charge in [0.1, 0.15) is 6.04 Å². The summed E-state index contributed by atoms with van der Waals surface area (Å²) < 4.78 is 0. The second-order valence-electron chi connectivity index (χ2n) is 5.07. The van der Waals surface area contributed by atoms with E-state index in [1.807, 2.05) is 43.3 Å². The lowest BCUT2D eigenvalue weighted by atomic mass is 9.88. The topological polar surface area (TPSA) is 46.3 Å². The fourth-order valence-corrected chi connectivity index (χ4v) is 2.65. The van der Waals surface area contributed by atoms with Gasteiger partial charge in [-0.1, -0.05) is 41.4 Å². The molecule has 4 heteroatoms. The summed E-state index contributed by atoms with van der Waals surface area (Å²) in [7, 11) is 0. The SMILES string of the molecule is Cc1ccc([C@H]2[C@H](N)C(=O)N2c2ccc(Cl)cc2)cc1. The van der Waals surface area contributed by atoms with E-state index >= 15 is 0 Å². The highest BCUT2D eigenvalue weighted by atomic mass is 35.5. The number of nitrogens with two attached hydrogens (primary N) is 1. The Morgan fingerprint density at radius 1 is 1.05 bits per heavy atom. The molecule has 0 radical (unpaired) electrons. The number of rotatable bonds is 2. The third kappa shape index (κ3) is 2.09. The zero-order valence-corrected chi connectivity index (χ0v) is 11.8. The fourth-order valence-electron chi connectivity index (χ4n) is 2.52.